The zero-order valence-corrected chi connectivity index (χ0v) is 10.5. The van der Waals surface area contributed by atoms with Crippen LogP contribution in [0.15, 0.2) is 23.0 Å². The second-order valence-corrected chi connectivity index (χ2v) is 4.11. The molecule has 1 heterocycles. The molecule has 1 saturated heterocycles. The van der Waals surface area contributed by atoms with Crippen molar-refractivity contribution in [1.82, 2.24) is 0 Å². The third kappa shape index (κ3) is 5.91. The van der Waals surface area contributed by atoms with Gasteiger partial charge in [0, 0.05) is 0 Å². The molecule has 0 aromatic heterocycles. The second-order valence-electron chi connectivity index (χ2n) is 4.11. The Bertz CT molecular complexity index is 220. The molecule has 0 aliphatic carbocycles. The molecule has 1 rings (SSSR count). The summed E-state index contributed by atoms with van der Waals surface area (Å²) in [5.41, 5.74) is 0. The predicted octanol–water partition coefficient (Wildman–Crippen LogP) is 2.94. The van der Waals surface area contributed by atoms with Crippen LogP contribution in [0.25, 0.3) is 0 Å². The molecule has 2 atom stereocenters. The Morgan fingerprint density at radius 1 is 1.44 bits per heavy atom. The number of ether oxygens (including phenoxy) is 2. The van der Waals surface area contributed by atoms with Crippen LogP contribution in [-0.4, -0.2) is 36.7 Å². The standard InChI is InChI=1S/C13H21O2.Li/c1-3-5-6-9-12(4-2)15-13-10-7-8-11-14-13;/h2,4-6,12-13H,3,7-11H2,1H3;/b4-2?,6-5-;/t12-,13?;/m1./s1. The zero-order chi connectivity index (χ0) is 11.6. The Labute approximate surface area is 108 Å². The van der Waals surface area contributed by atoms with Crippen LogP contribution in [-0.2, 0) is 9.47 Å². The Hall–Kier alpha value is -0.00260. The number of hydrogen-bond acceptors (Lipinski definition) is 2. The van der Waals surface area contributed by atoms with Crippen LogP contribution in [0, 0.1) is 0 Å². The summed E-state index contributed by atoms with van der Waals surface area (Å²) < 4.78 is 13.5. The van der Waals surface area contributed by atoms with E-state index in [2.05, 4.69) is 25.2 Å². The Balaban J connectivity index is 2.33. The molecule has 0 saturated carbocycles. The van der Waals surface area contributed by atoms with E-state index in [1.54, 1.807) is 0 Å². The topological polar surface area (TPSA) is 18.5 Å². The van der Waals surface area contributed by atoms with Crippen LogP contribution in [0.3, 0.4) is 0 Å². The summed E-state index contributed by atoms with van der Waals surface area (Å²) in [7, 11) is 0. The number of hydrogen-bond donors (Lipinski definition) is 0. The number of rotatable bonds is 6. The molecule has 2 nitrogen and oxygen atoms in total. The van der Waals surface area contributed by atoms with Crippen LogP contribution in [0.1, 0.15) is 39.0 Å². The molecule has 3 heteroatoms. The molecule has 1 aliphatic rings. The first-order chi connectivity index (χ1) is 7.86. The summed E-state index contributed by atoms with van der Waals surface area (Å²) in [4.78, 5) is 0. The van der Waals surface area contributed by atoms with Crippen LogP contribution >= 0.6 is 0 Å². The predicted molar refractivity (Wildman–Crippen MR) is 67.4 cm³/mol. The SMILES string of the molecule is [Li]/[CH]=C/[C@H](C/C=C\CC)OC1CCCCO1. The van der Waals surface area contributed by atoms with Gasteiger partial charge in [0.25, 0.3) is 0 Å². The Morgan fingerprint density at radius 3 is 2.94 bits per heavy atom. The van der Waals surface area contributed by atoms with Crippen LogP contribution in [0.4, 0.5) is 0 Å². The van der Waals surface area contributed by atoms with Gasteiger partial charge in [-0.25, -0.2) is 0 Å². The van der Waals surface area contributed by atoms with Crippen molar-refractivity contribution in [2.24, 2.45) is 0 Å². The van der Waals surface area contributed by atoms with Gasteiger partial charge in [-0.2, -0.15) is 0 Å². The molecule has 0 aromatic rings. The van der Waals surface area contributed by atoms with Gasteiger partial charge in [0.05, 0.1) is 0 Å². The Kier molecular flexibility index (Phi) is 7.97. The van der Waals surface area contributed by atoms with Crippen molar-refractivity contribution in [3.05, 3.63) is 23.0 Å². The van der Waals surface area contributed by atoms with Gasteiger partial charge in [0.15, 0.2) is 0 Å². The van der Waals surface area contributed by atoms with Crippen LogP contribution in [0.5, 0.6) is 0 Å². The molecule has 0 radical (unpaired) electrons. The average Bonchev–Trinajstić information content (AvgIpc) is 2.31. The molecular formula is C13H21LiO2. The van der Waals surface area contributed by atoms with Gasteiger partial charge in [-0.05, 0) is 0 Å². The van der Waals surface area contributed by atoms with Crippen molar-refractivity contribution in [3.8, 4) is 0 Å². The molecule has 0 amide bonds. The van der Waals surface area contributed by atoms with Gasteiger partial charge >= 0.3 is 108 Å². The molecule has 0 aromatic carbocycles. The van der Waals surface area contributed by atoms with E-state index in [9.17, 15) is 0 Å². The first-order valence-corrected chi connectivity index (χ1v) is 6.41. The average molecular weight is 216 g/mol. The molecule has 0 bridgehead atoms. The van der Waals surface area contributed by atoms with Gasteiger partial charge < -0.3 is 0 Å². The van der Waals surface area contributed by atoms with Gasteiger partial charge in [0.1, 0.15) is 0 Å². The second kappa shape index (κ2) is 9.07. The third-order valence-corrected chi connectivity index (χ3v) is 2.64. The molecular weight excluding hydrogens is 195 g/mol. The first-order valence-electron chi connectivity index (χ1n) is 6.41. The maximum absolute atomic E-state index is 5.92. The van der Waals surface area contributed by atoms with E-state index < -0.39 is 0 Å². The first kappa shape index (κ1) is 14.1. The monoisotopic (exact) mass is 216 g/mol. The fourth-order valence-corrected chi connectivity index (χ4v) is 1.80. The summed E-state index contributed by atoms with van der Waals surface area (Å²) in [6.07, 6.45) is 12.1. The summed E-state index contributed by atoms with van der Waals surface area (Å²) in [5.74, 6) is 0. The molecule has 0 spiro atoms. The van der Waals surface area contributed by atoms with Crippen molar-refractivity contribution in [3.63, 3.8) is 0 Å². The van der Waals surface area contributed by atoms with Crippen molar-refractivity contribution in [1.29, 1.82) is 0 Å². The molecule has 1 fully saturated rings. The summed E-state index contributed by atoms with van der Waals surface area (Å²) in [6, 6.07) is 0. The summed E-state index contributed by atoms with van der Waals surface area (Å²) in [6.45, 7) is 2.99. The fraction of sp³-hybridized carbons (Fsp3) is 0.692. The van der Waals surface area contributed by atoms with Crippen LogP contribution < -0.4 is 0 Å². The number of allylic oxidation sites excluding steroid dienone is 1. The third-order valence-electron chi connectivity index (χ3n) is 2.64. The van der Waals surface area contributed by atoms with E-state index in [0.29, 0.717) is 0 Å². The van der Waals surface area contributed by atoms with E-state index in [1.807, 2.05) is 22.5 Å². The zero-order valence-electron chi connectivity index (χ0n) is 10.5. The van der Waals surface area contributed by atoms with E-state index in [4.69, 9.17) is 9.47 Å². The van der Waals surface area contributed by atoms with Crippen molar-refractivity contribution in [2.75, 3.05) is 6.61 Å². The summed E-state index contributed by atoms with van der Waals surface area (Å²) >= 11 is 2.03. The summed E-state index contributed by atoms with van der Waals surface area (Å²) in [5, 5.41) is 0. The normalized spacial score (nSPS) is 24.3. The Morgan fingerprint density at radius 2 is 2.31 bits per heavy atom. The van der Waals surface area contributed by atoms with Crippen LogP contribution in [0.2, 0.25) is 0 Å². The molecule has 16 heavy (non-hydrogen) atoms. The molecule has 86 valence electrons. The van der Waals surface area contributed by atoms with Gasteiger partial charge in [-0.3, -0.25) is 0 Å². The minimum atomic E-state index is 0.00461. The van der Waals surface area contributed by atoms with Gasteiger partial charge in [-0.1, -0.05) is 0 Å². The minimum absolute atomic E-state index is 0.00461. The van der Waals surface area contributed by atoms with Gasteiger partial charge in [-0.15, -0.1) is 0 Å². The molecule has 1 aliphatic heterocycles. The van der Waals surface area contributed by atoms with Crippen molar-refractivity contribution >= 4 is 17.7 Å². The molecule has 0 N–H and O–H groups in total. The van der Waals surface area contributed by atoms with E-state index in [-0.39, 0.29) is 12.4 Å². The van der Waals surface area contributed by atoms with E-state index >= 15 is 0 Å². The van der Waals surface area contributed by atoms with Crippen molar-refractivity contribution < 1.29 is 9.47 Å². The maximum atomic E-state index is 5.92. The van der Waals surface area contributed by atoms with Gasteiger partial charge in [0.2, 0.25) is 0 Å². The van der Waals surface area contributed by atoms with E-state index in [1.165, 1.54) is 12.8 Å². The molecule has 1 unspecified atom stereocenters. The fourth-order valence-electron chi connectivity index (χ4n) is 1.80. The van der Waals surface area contributed by atoms with E-state index in [0.717, 1.165) is 25.9 Å². The van der Waals surface area contributed by atoms with Crippen molar-refractivity contribution in [2.45, 2.75) is 51.4 Å². The quantitative estimate of drug-likeness (QED) is 0.502.